The largest absolute Gasteiger partial charge is 0.469 e. The zero-order valence-electron chi connectivity index (χ0n) is 16.4. The van der Waals surface area contributed by atoms with Gasteiger partial charge in [-0.2, -0.15) is 0 Å². The number of likely N-dealkylation sites (tertiary alicyclic amines) is 1. The molecule has 0 spiro atoms. The Labute approximate surface area is 163 Å². The Balaban J connectivity index is 1.69. The van der Waals surface area contributed by atoms with Crippen molar-refractivity contribution in [1.82, 2.24) is 14.5 Å². The van der Waals surface area contributed by atoms with E-state index in [9.17, 15) is 14.4 Å². The predicted molar refractivity (Wildman–Crippen MR) is 103 cm³/mol. The van der Waals surface area contributed by atoms with E-state index in [1.165, 1.54) is 18.9 Å². The number of thioether (sulfide) groups is 1. The molecule has 8 heteroatoms. The number of hydrogen-bond acceptors (Lipinski definition) is 6. The van der Waals surface area contributed by atoms with Gasteiger partial charge in [-0.15, -0.1) is 0 Å². The molecule has 27 heavy (non-hydrogen) atoms. The maximum absolute atomic E-state index is 12.9. The van der Waals surface area contributed by atoms with Crippen LogP contribution in [0.15, 0.2) is 16.0 Å². The van der Waals surface area contributed by atoms with Gasteiger partial charge in [0.2, 0.25) is 5.91 Å². The van der Waals surface area contributed by atoms with Gasteiger partial charge in [-0.3, -0.25) is 19.0 Å². The summed E-state index contributed by atoms with van der Waals surface area (Å²) in [7, 11) is 1.40. The quantitative estimate of drug-likeness (QED) is 0.562. The molecule has 1 saturated heterocycles. The van der Waals surface area contributed by atoms with E-state index in [4.69, 9.17) is 4.74 Å². The highest BCUT2D eigenvalue weighted by atomic mass is 32.2. The molecule has 1 fully saturated rings. The summed E-state index contributed by atoms with van der Waals surface area (Å²) in [4.78, 5) is 43.6. The lowest BCUT2D eigenvalue weighted by Gasteiger charge is -2.34. The molecule has 0 N–H and O–H groups in total. The molecule has 0 aromatic carbocycles. The minimum absolute atomic E-state index is 0.0586. The minimum Gasteiger partial charge on any atom is -0.469 e. The molecule has 0 aliphatic carbocycles. The summed E-state index contributed by atoms with van der Waals surface area (Å²) in [5.74, 6) is 0.121. The molecule has 148 valence electrons. The van der Waals surface area contributed by atoms with Gasteiger partial charge in [-0.25, -0.2) is 4.98 Å². The number of hydrogen-bond donors (Lipinski definition) is 0. The van der Waals surface area contributed by atoms with E-state index >= 15 is 0 Å². The van der Waals surface area contributed by atoms with Crippen molar-refractivity contribution >= 4 is 23.6 Å². The molecule has 1 amide bonds. The average Bonchev–Trinajstić information content (AvgIpc) is 2.66. The van der Waals surface area contributed by atoms with Crippen LogP contribution in [-0.4, -0.2) is 52.3 Å². The van der Waals surface area contributed by atoms with E-state index in [2.05, 4.69) is 4.98 Å². The van der Waals surface area contributed by atoms with Crippen LogP contribution >= 0.6 is 11.8 Å². The second kappa shape index (κ2) is 7.66. The van der Waals surface area contributed by atoms with E-state index < -0.39 is 0 Å². The molecule has 2 aliphatic rings. The third-order valence-corrected chi connectivity index (χ3v) is 6.39. The summed E-state index contributed by atoms with van der Waals surface area (Å²) >= 11 is 1.47. The Kier molecular flexibility index (Phi) is 5.65. The molecular formula is C19H27N3O4S. The van der Waals surface area contributed by atoms with Crippen molar-refractivity contribution in [3.63, 3.8) is 0 Å². The number of fused-ring (bicyclic) bond motifs is 1. The van der Waals surface area contributed by atoms with Gasteiger partial charge in [0.1, 0.15) is 0 Å². The van der Waals surface area contributed by atoms with Gasteiger partial charge >= 0.3 is 5.97 Å². The molecule has 0 saturated carbocycles. The number of methoxy groups -OCH3 is 1. The van der Waals surface area contributed by atoms with E-state index in [1.807, 2.05) is 25.7 Å². The lowest BCUT2D eigenvalue weighted by molar-refractivity contribution is -0.149. The lowest BCUT2D eigenvalue weighted by atomic mass is 9.92. The van der Waals surface area contributed by atoms with E-state index in [1.54, 1.807) is 10.6 Å². The first-order valence-corrected chi connectivity index (χ1v) is 10.3. The summed E-state index contributed by atoms with van der Waals surface area (Å²) in [6.07, 6.45) is 1.26. The molecule has 1 unspecified atom stereocenters. The summed E-state index contributed by atoms with van der Waals surface area (Å²) in [6, 6.07) is 1.58. The van der Waals surface area contributed by atoms with Crippen LogP contribution in [0.2, 0.25) is 0 Å². The fourth-order valence-electron chi connectivity index (χ4n) is 3.51. The van der Waals surface area contributed by atoms with Gasteiger partial charge in [0.25, 0.3) is 5.56 Å². The standard InChI is InChI=1S/C19H27N3O4S/c1-19(2,3)14-9-15(23)22-10-13(11-27-18(22)20-14)16(24)21-7-5-12(6-8-21)17(25)26-4/h9,12-13H,5-8,10-11H2,1-4H3. The fraction of sp³-hybridized carbons (Fsp3) is 0.684. The normalized spacial score (nSPS) is 20.9. The Morgan fingerprint density at radius 1 is 1.22 bits per heavy atom. The van der Waals surface area contributed by atoms with Gasteiger partial charge < -0.3 is 9.64 Å². The smallest absolute Gasteiger partial charge is 0.308 e. The Bertz CT molecular complexity index is 791. The maximum atomic E-state index is 12.9. The van der Waals surface area contributed by atoms with E-state index in [0.717, 1.165) is 5.69 Å². The first-order valence-electron chi connectivity index (χ1n) is 9.32. The molecule has 1 aromatic rings. The number of carbonyl (C=O) groups is 2. The highest BCUT2D eigenvalue weighted by molar-refractivity contribution is 7.99. The molecule has 3 rings (SSSR count). The van der Waals surface area contributed by atoms with Crippen LogP contribution < -0.4 is 5.56 Å². The van der Waals surface area contributed by atoms with Gasteiger partial charge in [0.05, 0.1) is 24.6 Å². The van der Waals surface area contributed by atoms with E-state index in [-0.39, 0.29) is 34.7 Å². The first-order chi connectivity index (χ1) is 12.7. The molecule has 1 atom stereocenters. The third kappa shape index (κ3) is 4.20. The number of amides is 1. The Morgan fingerprint density at radius 3 is 2.48 bits per heavy atom. The van der Waals surface area contributed by atoms with Crippen LogP contribution in [0.5, 0.6) is 0 Å². The van der Waals surface area contributed by atoms with Crippen molar-refractivity contribution in [2.75, 3.05) is 26.0 Å². The minimum atomic E-state index is -0.239. The van der Waals surface area contributed by atoms with Crippen LogP contribution in [-0.2, 0) is 26.3 Å². The zero-order chi connectivity index (χ0) is 19.8. The van der Waals surface area contributed by atoms with Gasteiger partial charge in [-0.05, 0) is 12.8 Å². The van der Waals surface area contributed by atoms with Crippen LogP contribution in [0.1, 0.15) is 39.3 Å². The molecule has 1 aromatic heterocycles. The van der Waals surface area contributed by atoms with Crippen molar-refractivity contribution in [1.29, 1.82) is 0 Å². The number of esters is 1. The van der Waals surface area contributed by atoms with Crippen molar-refractivity contribution in [2.24, 2.45) is 11.8 Å². The Hall–Kier alpha value is -1.83. The molecule has 0 radical (unpaired) electrons. The molecule has 3 heterocycles. The number of aromatic nitrogens is 2. The number of ether oxygens (including phenoxy) is 1. The second-order valence-corrected chi connectivity index (χ2v) is 9.24. The van der Waals surface area contributed by atoms with Gasteiger partial charge in [0, 0.05) is 36.9 Å². The Morgan fingerprint density at radius 2 is 1.89 bits per heavy atom. The highest BCUT2D eigenvalue weighted by Gasteiger charge is 2.34. The number of piperidine rings is 1. The van der Waals surface area contributed by atoms with Crippen molar-refractivity contribution in [2.45, 2.75) is 50.7 Å². The number of carbonyl (C=O) groups excluding carboxylic acids is 2. The molecule has 0 bridgehead atoms. The molecular weight excluding hydrogens is 366 g/mol. The first kappa shape index (κ1) is 19.9. The van der Waals surface area contributed by atoms with Crippen LogP contribution in [0.3, 0.4) is 0 Å². The summed E-state index contributed by atoms with van der Waals surface area (Å²) < 4.78 is 6.41. The topological polar surface area (TPSA) is 81.5 Å². The zero-order valence-corrected chi connectivity index (χ0v) is 17.2. The van der Waals surface area contributed by atoms with Gasteiger partial charge in [0.15, 0.2) is 5.16 Å². The second-order valence-electron chi connectivity index (χ2n) is 8.25. The van der Waals surface area contributed by atoms with Crippen LogP contribution in [0.4, 0.5) is 0 Å². The number of nitrogens with zero attached hydrogens (tertiary/aromatic N) is 3. The highest BCUT2D eigenvalue weighted by Crippen LogP contribution is 2.29. The monoisotopic (exact) mass is 393 g/mol. The van der Waals surface area contributed by atoms with Crippen molar-refractivity contribution in [3.05, 3.63) is 22.1 Å². The summed E-state index contributed by atoms with van der Waals surface area (Å²) in [6.45, 7) is 7.58. The van der Waals surface area contributed by atoms with E-state index in [0.29, 0.717) is 43.4 Å². The summed E-state index contributed by atoms with van der Waals surface area (Å²) in [5, 5.41) is 0.695. The van der Waals surface area contributed by atoms with Crippen LogP contribution in [0, 0.1) is 11.8 Å². The number of rotatable bonds is 2. The van der Waals surface area contributed by atoms with Crippen LogP contribution in [0.25, 0.3) is 0 Å². The average molecular weight is 394 g/mol. The SMILES string of the molecule is COC(=O)C1CCN(C(=O)C2CSc3nc(C(C)(C)C)cc(=O)n3C2)CC1. The molecule has 2 aliphatic heterocycles. The third-order valence-electron chi connectivity index (χ3n) is 5.25. The van der Waals surface area contributed by atoms with Gasteiger partial charge in [-0.1, -0.05) is 32.5 Å². The maximum Gasteiger partial charge on any atom is 0.308 e. The summed E-state index contributed by atoms with van der Waals surface area (Å²) in [5.41, 5.74) is 0.492. The fourth-order valence-corrected chi connectivity index (χ4v) is 4.59. The molecule has 7 nitrogen and oxygen atoms in total. The lowest BCUT2D eigenvalue weighted by Crippen LogP contribution is -2.46. The van der Waals surface area contributed by atoms with Crippen molar-refractivity contribution in [3.8, 4) is 0 Å². The predicted octanol–water partition coefficient (Wildman–Crippen LogP) is 1.67. The van der Waals surface area contributed by atoms with Crippen molar-refractivity contribution < 1.29 is 14.3 Å².